The lowest BCUT2D eigenvalue weighted by atomic mass is 10.4. The second-order valence-electron chi connectivity index (χ2n) is 5.81. The van der Waals surface area contributed by atoms with Crippen LogP contribution in [0.15, 0.2) is 22.2 Å². The van der Waals surface area contributed by atoms with Crippen LogP contribution < -0.4 is 0 Å². The average molecular weight is 371 g/mol. The monoisotopic (exact) mass is 370 g/mol. The van der Waals surface area contributed by atoms with E-state index in [1.807, 2.05) is 23.5 Å². The smallest absolute Gasteiger partial charge is 0.132 e. The van der Waals surface area contributed by atoms with Gasteiger partial charge in [-0.25, -0.2) is 0 Å². The molecular formula is C16H26N4O2S2. The Balaban J connectivity index is 1.40. The van der Waals surface area contributed by atoms with Crippen molar-refractivity contribution in [1.82, 2.24) is 20.0 Å². The summed E-state index contributed by atoms with van der Waals surface area (Å²) in [4.78, 5) is 6.18. The molecule has 24 heavy (non-hydrogen) atoms. The minimum Gasteiger partial charge on any atom is -0.379 e. The van der Waals surface area contributed by atoms with Gasteiger partial charge >= 0.3 is 0 Å². The molecule has 6 nitrogen and oxygen atoms in total. The molecule has 2 saturated heterocycles. The van der Waals surface area contributed by atoms with Gasteiger partial charge in [0, 0.05) is 55.7 Å². The molecule has 0 radical (unpaired) electrons. The van der Waals surface area contributed by atoms with Crippen molar-refractivity contribution in [3.8, 4) is 0 Å². The molecule has 8 heteroatoms. The lowest BCUT2D eigenvalue weighted by Gasteiger charge is -2.26. The van der Waals surface area contributed by atoms with Gasteiger partial charge in [0.05, 0.1) is 32.6 Å². The summed E-state index contributed by atoms with van der Waals surface area (Å²) < 4.78 is 10.8. The topological polar surface area (TPSA) is 50.7 Å². The first kappa shape index (κ1) is 18.4. The zero-order valence-corrected chi connectivity index (χ0v) is 15.7. The largest absolute Gasteiger partial charge is 0.379 e. The molecule has 0 atom stereocenters. The predicted octanol–water partition coefficient (Wildman–Crippen LogP) is 1.33. The van der Waals surface area contributed by atoms with Gasteiger partial charge in [-0.1, -0.05) is 0 Å². The fourth-order valence-corrected chi connectivity index (χ4v) is 4.83. The van der Waals surface area contributed by atoms with Gasteiger partial charge in [-0.3, -0.25) is 9.80 Å². The molecule has 0 aromatic carbocycles. The number of morpholine rings is 2. The predicted molar refractivity (Wildman–Crippen MR) is 98.0 cm³/mol. The fraction of sp³-hybridized carbons (Fsp3) is 0.750. The number of rotatable bonds is 8. The molecule has 0 unspecified atom stereocenters. The summed E-state index contributed by atoms with van der Waals surface area (Å²) in [7, 11) is 0. The van der Waals surface area contributed by atoms with Gasteiger partial charge in [0.25, 0.3) is 0 Å². The maximum atomic E-state index is 5.40. The van der Waals surface area contributed by atoms with Crippen LogP contribution in [0.2, 0.25) is 0 Å². The highest BCUT2D eigenvalue weighted by Crippen LogP contribution is 2.28. The van der Waals surface area contributed by atoms with Crippen LogP contribution in [0.25, 0.3) is 0 Å². The van der Waals surface area contributed by atoms with Crippen LogP contribution in [0.1, 0.15) is 0 Å². The van der Waals surface area contributed by atoms with Crippen molar-refractivity contribution in [3.05, 3.63) is 12.3 Å². The summed E-state index contributed by atoms with van der Waals surface area (Å²) in [6.07, 6.45) is 1.79. The van der Waals surface area contributed by atoms with Crippen LogP contribution >= 0.6 is 23.5 Å². The molecular weight excluding hydrogens is 344 g/mol. The van der Waals surface area contributed by atoms with Crippen molar-refractivity contribution in [3.63, 3.8) is 0 Å². The zero-order valence-electron chi connectivity index (χ0n) is 14.1. The van der Waals surface area contributed by atoms with E-state index in [1.54, 1.807) is 6.20 Å². The first-order valence-electron chi connectivity index (χ1n) is 8.59. The second-order valence-corrected chi connectivity index (χ2v) is 8.03. The standard InChI is InChI=1S/C16H26N4O2S2/c1-2-17-18-16(24-14-8-20-5-11-22-12-6-20)15(1)23-13-7-19-3-9-21-10-4-19/h1-2H,3-14H2. The first-order valence-corrected chi connectivity index (χ1v) is 10.6. The Labute approximate surface area is 152 Å². The van der Waals surface area contributed by atoms with Crippen molar-refractivity contribution in [2.45, 2.75) is 9.92 Å². The van der Waals surface area contributed by atoms with Crippen molar-refractivity contribution in [2.24, 2.45) is 0 Å². The molecule has 1 aromatic heterocycles. The zero-order chi connectivity index (χ0) is 16.5. The molecule has 2 aliphatic rings. The average Bonchev–Trinajstić information content (AvgIpc) is 2.65. The molecule has 0 N–H and O–H groups in total. The molecule has 0 aliphatic carbocycles. The quantitative estimate of drug-likeness (QED) is 0.635. The molecule has 3 heterocycles. The number of thioether (sulfide) groups is 2. The second kappa shape index (κ2) is 10.6. The maximum absolute atomic E-state index is 5.40. The van der Waals surface area contributed by atoms with Crippen LogP contribution in [-0.4, -0.2) is 97.2 Å². The number of hydrogen-bond acceptors (Lipinski definition) is 8. The van der Waals surface area contributed by atoms with E-state index < -0.39 is 0 Å². The minimum atomic E-state index is 0.860. The number of hydrogen-bond donors (Lipinski definition) is 0. The molecule has 134 valence electrons. The number of ether oxygens (including phenoxy) is 2. The molecule has 2 aliphatic heterocycles. The van der Waals surface area contributed by atoms with Crippen molar-refractivity contribution < 1.29 is 9.47 Å². The summed E-state index contributed by atoms with van der Waals surface area (Å²) in [6.45, 7) is 9.83. The van der Waals surface area contributed by atoms with Gasteiger partial charge < -0.3 is 9.47 Å². The van der Waals surface area contributed by atoms with E-state index in [-0.39, 0.29) is 0 Å². The Kier molecular flexibility index (Phi) is 8.11. The summed E-state index contributed by atoms with van der Waals surface area (Å²) in [5.41, 5.74) is 0. The fourth-order valence-electron chi connectivity index (χ4n) is 2.72. The molecule has 2 fully saturated rings. The Morgan fingerprint density at radius 1 is 0.875 bits per heavy atom. The van der Waals surface area contributed by atoms with Crippen LogP contribution in [0.3, 0.4) is 0 Å². The van der Waals surface area contributed by atoms with E-state index in [2.05, 4.69) is 26.1 Å². The lowest BCUT2D eigenvalue weighted by molar-refractivity contribution is 0.0409. The van der Waals surface area contributed by atoms with Gasteiger partial charge in [-0.15, -0.1) is 28.6 Å². The van der Waals surface area contributed by atoms with Crippen molar-refractivity contribution in [2.75, 3.05) is 77.2 Å². The highest BCUT2D eigenvalue weighted by molar-refractivity contribution is 8.02. The summed E-state index contributed by atoms with van der Waals surface area (Å²) in [5, 5.41) is 9.47. The number of aromatic nitrogens is 2. The molecule has 0 bridgehead atoms. The number of nitrogens with zero attached hydrogens (tertiary/aromatic N) is 4. The Bertz CT molecular complexity index is 440. The summed E-state index contributed by atoms with van der Waals surface area (Å²) >= 11 is 3.70. The third kappa shape index (κ3) is 6.16. The van der Waals surface area contributed by atoms with Gasteiger partial charge in [-0.2, -0.15) is 5.10 Å². The van der Waals surface area contributed by atoms with Gasteiger partial charge in [0.1, 0.15) is 5.03 Å². The van der Waals surface area contributed by atoms with E-state index in [1.165, 1.54) is 4.90 Å². The Morgan fingerprint density at radius 2 is 1.46 bits per heavy atom. The molecule has 3 rings (SSSR count). The lowest BCUT2D eigenvalue weighted by Crippen LogP contribution is -2.37. The van der Waals surface area contributed by atoms with E-state index in [0.29, 0.717) is 0 Å². The summed E-state index contributed by atoms with van der Waals surface area (Å²) in [6, 6.07) is 2.09. The van der Waals surface area contributed by atoms with E-state index in [0.717, 1.165) is 82.2 Å². The van der Waals surface area contributed by atoms with Crippen LogP contribution in [0.4, 0.5) is 0 Å². The summed E-state index contributed by atoms with van der Waals surface area (Å²) in [5.74, 6) is 2.14. The Hall–Kier alpha value is -0.380. The molecule has 0 saturated carbocycles. The molecule has 0 amide bonds. The SMILES string of the molecule is c1cc(SCCN2CCOCC2)c(SCCN2CCOCC2)nn1. The Morgan fingerprint density at radius 3 is 2.08 bits per heavy atom. The third-order valence-corrected chi connectivity index (χ3v) is 6.29. The van der Waals surface area contributed by atoms with Gasteiger partial charge in [-0.05, 0) is 6.07 Å². The van der Waals surface area contributed by atoms with Gasteiger partial charge in [0.15, 0.2) is 0 Å². The van der Waals surface area contributed by atoms with Gasteiger partial charge in [0.2, 0.25) is 0 Å². The van der Waals surface area contributed by atoms with Crippen LogP contribution in [0.5, 0.6) is 0 Å². The van der Waals surface area contributed by atoms with Crippen molar-refractivity contribution >= 4 is 23.5 Å². The van der Waals surface area contributed by atoms with E-state index >= 15 is 0 Å². The third-order valence-electron chi connectivity index (χ3n) is 4.17. The highest BCUT2D eigenvalue weighted by Gasteiger charge is 2.13. The van der Waals surface area contributed by atoms with E-state index in [4.69, 9.17) is 9.47 Å². The molecule has 0 spiro atoms. The molecule has 1 aromatic rings. The minimum absolute atomic E-state index is 0.860. The van der Waals surface area contributed by atoms with Crippen LogP contribution in [-0.2, 0) is 9.47 Å². The normalized spacial score (nSPS) is 20.3. The highest BCUT2D eigenvalue weighted by atomic mass is 32.2. The first-order chi connectivity index (χ1) is 11.9. The van der Waals surface area contributed by atoms with Crippen LogP contribution in [0, 0.1) is 0 Å². The van der Waals surface area contributed by atoms with Crippen molar-refractivity contribution in [1.29, 1.82) is 0 Å². The van der Waals surface area contributed by atoms with E-state index in [9.17, 15) is 0 Å². The maximum Gasteiger partial charge on any atom is 0.132 e.